The molecular weight excluding hydrogens is 524 g/mol. The second-order valence-electron chi connectivity index (χ2n) is 13.2. The van der Waals surface area contributed by atoms with Gasteiger partial charge in [-0.2, -0.15) is 0 Å². The summed E-state index contributed by atoms with van der Waals surface area (Å²) in [5, 5.41) is 20.9. The number of aliphatic hydroxyl groups excluding tert-OH is 2. The molecule has 0 aromatic heterocycles. The fourth-order valence-corrected chi connectivity index (χ4v) is 8.01. The SMILES string of the molecule is CC(O)C1C=CC=CC(=O)OC2CC3(C4CO4)OC4C5OC5(C)CCC4(COC(=O)C4OC4(C)C(O)CO1)C23C. The van der Waals surface area contributed by atoms with Gasteiger partial charge in [-0.3, -0.25) is 0 Å². The van der Waals surface area contributed by atoms with Crippen LogP contribution in [-0.2, 0) is 42.7 Å². The first-order valence-corrected chi connectivity index (χ1v) is 14.3. The van der Waals surface area contributed by atoms with Gasteiger partial charge in [0, 0.05) is 23.3 Å². The zero-order valence-electron chi connectivity index (χ0n) is 23.2. The minimum atomic E-state index is -1.17. The van der Waals surface area contributed by atoms with Crippen molar-refractivity contribution < 1.29 is 53.0 Å². The molecule has 11 heteroatoms. The number of rotatable bonds is 2. The highest BCUT2D eigenvalue weighted by Gasteiger charge is 2.88. The molecule has 11 nitrogen and oxygen atoms in total. The molecule has 220 valence electrons. The highest BCUT2D eigenvalue weighted by atomic mass is 16.7. The van der Waals surface area contributed by atoms with Crippen molar-refractivity contribution in [2.24, 2.45) is 10.8 Å². The van der Waals surface area contributed by atoms with E-state index in [0.29, 0.717) is 19.4 Å². The molecule has 0 aromatic carbocycles. The molecule has 0 amide bonds. The highest BCUT2D eigenvalue weighted by Crippen LogP contribution is 2.77. The third-order valence-electron chi connectivity index (χ3n) is 11.1. The smallest absolute Gasteiger partial charge is 0.338 e. The fourth-order valence-electron chi connectivity index (χ4n) is 8.01. The minimum absolute atomic E-state index is 0.0384. The average molecular weight is 563 g/mol. The summed E-state index contributed by atoms with van der Waals surface area (Å²) < 4.78 is 42.3. The van der Waals surface area contributed by atoms with Gasteiger partial charge in [0.1, 0.15) is 48.3 Å². The van der Waals surface area contributed by atoms with Gasteiger partial charge in [-0.25, -0.2) is 9.59 Å². The normalized spacial score (nSPS) is 55.6. The maximum Gasteiger partial charge on any atom is 0.338 e. The second-order valence-corrected chi connectivity index (χ2v) is 13.2. The number of hydrogen-bond donors (Lipinski definition) is 2. The molecule has 5 aliphatic heterocycles. The lowest BCUT2D eigenvalue weighted by Crippen LogP contribution is -2.72. The van der Waals surface area contributed by atoms with Gasteiger partial charge in [0.05, 0.1) is 31.0 Å². The Morgan fingerprint density at radius 1 is 0.975 bits per heavy atom. The largest absolute Gasteiger partial charge is 0.463 e. The van der Waals surface area contributed by atoms with Gasteiger partial charge in [-0.15, -0.1) is 0 Å². The summed E-state index contributed by atoms with van der Waals surface area (Å²) in [6.45, 7) is 7.77. The van der Waals surface area contributed by atoms with Crippen LogP contribution in [-0.4, -0.2) is 108 Å². The van der Waals surface area contributed by atoms with E-state index in [2.05, 4.69) is 13.8 Å². The highest BCUT2D eigenvalue weighted by molar-refractivity contribution is 5.82. The van der Waals surface area contributed by atoms with Gasteiger partial charge in [0.15, 0.2) is 6.10 Å². The van der Waals surface area contributed by atoms with Crippen LogP contribution in [0.25, 0.3) is 0 Å². The predicted octanol–water partition coefficient (Wildman–Crippen LogP) is 0.736. The number of carbonyl (C=O) groups excluding carboxylic acids is 2. The average Bonchev–Trinajstić information content (AvgIpc) is 3.81. The van der Waals surface area contributed by atoms with Crippen LogP contribution in [0.3, 0.4) is 0 Å². The van der Waals surface area contributed by atoms with Crippen LogP contribution in [0.4, 0.5) is 0 Å². The van der Waals surface area contributed by atoms with Crippen LogP contribution < -0.4 is 0 Å². The van der Waals surface area contributed by atoms with Crippen molar-refractivity contribution in [1.29, 1.82) is 0 Å². The van der Waals surface area contributed by atoms with E-state index < -0.39 is 64.5 Å². The molecule has 0 bridgehead atoms. The number of carbonyl (C=O) groups is 2. The van der Waals surface area contributed by atoms with E-state index >= 15 is 0 Å². The van der Waals surface area contributed by atoms with Gasteiger partial charge >= 0.3 is 11.9 Å². The van der Waals surface area contributed by atoms with Gasteiger partial charge in [0.25, 0.3) is 0 Å². The van der Waals surface area contributed by atoms with E-state index in [1.165, 1.54) is 12.2 Å². The Balaban J connectivity index is 1.23. The number of cyclic esters (lactones) is 1. The first kappa shape index (κ1) is 27.0. The second kappa shape index (κ2) is 8.59. The first-order chi connectivity index (χ1) is 18.9. The maximum atomic E-state index is 13.3. The van der Waals surface area contributed by atoms with Crippen LogP contribution in [0.5, 0.6) is 0 Å². The predicted molar refractivity (Wildman–Crippen MR) is 135 cm³/mol. The fraction of sp³-hybridized carbons (Fsp3) is 0.793. The lowest BCUT2D eigenvalue weighted by Gasteiger charge is -2.62. The number of esters is 2. The Morgan fingerprint density at radius 2 is 1.75 bits per heavy atom. The van der Waals surface area contributed by atoms with Crippen molar-refractivity contribution in [2.45, 2.75) is 113 Å². The number of ether oxygens (including phenoxy) is 7. The first-order valence-electron chi connectivity index (χ1n) is 14.3. The van der Waals surface area contributed by atoms with Gasteiger partial charge in [-0.1, -0.05) is 25.2 Å². The number of fused-ring (bicyclic) bond motifs is 3. The Hall–Kier alpha value is -1.86. The summed E-state index contributed by atoms with van der Waals surface area (Å²) in [5.74, 6) is -1.08. The molecule has 7 rings (SSSR count). The van der Waals surface area contributed by atoms with Crippen molar-refractivity contribution in [3.05, 3.63) is 24.3 Å². The molecule has 40 heavy (non-hydrogen) atoms. The zero-order valence-corrected chi connectivity index (χ0v) is 23.2. The number of allylic oxidation sites excluding steroid dienone is 2. The van der Waals surface area contributed by atoms with Crippen LogP contribution in [0, 0.1) is 10.8 Å². The van der Waals surface area contributed by atoms with Crippen LogP contribution in [0.2, 0.25) is 0 Å². The molecule has 2 N–H and O–H groups in total. The Labute approximate surface area is 232 Å². The molecule has 2 aliphatic carbocycles. The molecule has 5 heterocycles. The summed E-state index contributed by atoms with van der Waals surface area (Å²) in [7, 11) is 0. The monoisotopic (exact) mass is 562 g/mol. The van der Waals surface area contributed by atoms with Crippen molar-refractivity contribution in [1.82, 2.24) is 0 Å². The summed E-state index contributed by atoms with van der Waals surface area (Å²) in [6.07, 6.45) is 3.10. The molecule has 6 fully saturated rings. The van der Waals surface area contributed by atoms with E-state index in [0.717, 1.165) is 6.42 Å². The van der Waals surface area contributed by atoms with Crippen molar-refractivity contribution >= 4 is 11.9 Å². The number of epoxide rings is 3. The van der Waals surface area contributed by atoms with E-state index in [1.807, 2.05) is 0 Å². The van der Waals surface area contributed by atoms with Gasteiger partial charge in [0.2, 0.25) is 0 Å². The van der Waals surface area contributed by atoms with Crippen molar-refractivity contribution in [2.75, 3.05) is 19.8 Å². The van der Waals surface area contributed by atoms with Crippen LogP contribution >= 0.6 is 0 Å². The Kier molecular flexibility index (Phi) is 5.80. The van der Waals surface area contributed by atoms with Crippen molar-refractivity contribution in [3.63, 3.8) is 0 Å². The molecule has 1 spiro atoms. The van der Waals surface area contributed by atoms with Crippen LogP contribution in [0.15, 0.2) is 24.3 Å². The Morgan fingerprint density at radius 3 is 2.48 bits per heavy atom. The lowest BCUT2D eigenvalue weighted by molar-refractivity contribution is -0.250. The topological polar surface area (TPSA) is 149 Å². The molecule has 7 aliphatic rings. The number of hydrogen-bond acceptors (Lipinski definition) is 11. The summed E-state index contributed by atoms with van der Waals surface area (Å²) in [6, 6.07) is 0. The minimum Gasteiger partial charge on any atom is -0.463 e. The summed E-state index contributed by atoms with van der Waals surface area (Å²) in [4.78, 5) is 26.3. The maximum absolute atomic E-state index is 13.3. The molecule has 13 atom stereocenters. The lowest BCUT2D eigenvalue weighted by atomic mass is 9.42. The van der Waals surface area contributed by atoms with E-state index in [-0.39, 0.29) is 37.1 Å². The third kappa shape index (κ3) is 3.55. The quantitative estimate of drug-likeness (QED) is 0.362. The molecule has 4 saturated heterocycles. The van der Waals surface area contributed by atoms with E-state index in [4.69, 9.17) is 33.2 Å². The van der Waals surface area contributed by atoms with Crippen LogP contribution in [0.1, 0.15) is 47.0 Å². The summed E-state index contributed by atoms with van der Waals surface area (Å²) >= 11 is 0. The third-order valence-corrected chi connectivity index (χ3v) is 11.1. The van der Waals surface area contributed by atoms with Gasteiger partial charge < -0.3 is 43.4 Å². The van der Waals surface area contributed by atoms with E-state index in [9.17, 15) is 19.8 Å². The number of aliphatic hydroxyl groups is 2. The molecular formula is C29H38O11. The molecule has 2 saturated carbocycles. The standard InChI is InChI=1S/C29H38O11/c1-15(30)16-7-5-6-8-20(32)37-18-11-29(19-13-35-19)27(18,4)28(10-9-25(2)21(38-25)22(28)40-29)14-36-24(33)23-26(3,39-23)17(31)12-34-16/h5-8,15-19,21-23,30-31H,9-14H2,1-4H3. The van der Waals surface area contributed by atoms with Crippen molar-refractivity contribution in [3.8, 4) is 0 Å². The van der Waals surface area contributed by atoms with E-state index in [1.54, 1.807) is 26.0 Å². The molecule has 0 aromatic rings. The zero-order chi connectivity index (χ0) is 28.3. The molecule has 0 radical (unpaired) electrons. The summed E-state index contributed by atoms with van der Waals surface area (Å²) in [5.41, 5.74) is -3.51. The van der Waals surface area contributed by atoms with Gasteiger partial charge in [-0.05, 0) is 33.6 Å². The Bertz CT molecular complexity index is 1160. The molecule has 13 unspecified atom stereocenters.